The third-order valence-electron chi connectivity index (χ3n) is 2.74. The van der Waals surface area contributed by atoms with E-state index in [1.165, 1.54) is 12.8 Å². The van der Waals surface area contributed by atoms with Gasteiger partial charge in [-0.1, -0.05) is 30.3 Å². The molecule has 0 heterocycles. The molecule has 1 atom stereocenters. The van der Waals surface area contributed by atoms with Crippen molar-refractivity contribution >= 4 is 16.7 Å². The van der Waals surface area contributed by atoms with Crippen molar-refractivity contribution in [2.24, 2.45) is 10.3 Å². The summed E-state index contributed by atoms with van der Waals surface area (Å²) in [7, 11) is -1.16. The zero-order valence-corrected chi connectivity index (χ0v) is 11.5. The van der Waals surface area contributed by atoms with Crippen molar-refractivity contribution in [2.75, 3.05) is 0 Å². The Morgan fingerprint density at radius 2 is 1.82 bits per heavy atom. The first-order valence-electron chi connectivity index (χ1n) is 6.04. The number of benzene rings is 1. The Morgan fingerprint density at radius 3 is 2.29 bits per heavy atom. The summed E-state index contributed by atoms with van der Waals surface area (Å²) in [5.74, 6) is 0.517. The van der Waals surface area contributed by atoms with E-state index in [0.29, 0.717) is 5.92 Å². The highest BCUT2D eigenvalue weighted by atomic mass is 32.2. The smallest absolute Gasteiger partial charge is 0.145 e. The SMILES string of the molecule is CC(C)(C)S(=O)/N=C(/c1ccccc1)C1CC1. The molecule has 1 aromatic rings. The van der Waals surface area contributed by atoms with E-state index in [-0.39, 0.29) is 4.75 Å². The number of nitrogens with zero attached hydrogens (tertiary/aromatic N) is 1. The monoisotopic (exact) mass is 249 g/mol. The van der Waals surface area contributed by atoms with Gasteiger partial charge in [0.15, 0.2) is 0 Å². The Hall–Kier alpha value is -0.960. The molecular weight excluding hydrogens is 230 g/mol. The van der Waals surface area contributed by atoms with Crippen molar-refractivity contribution in [3.63, 3.8) is 0 Å². The molecule has 1 aliphatic carbocycles. The average Bonchev–Trinajstić information content (AvgIpc) is 3.09. The number of hydrogen-bond acceptors (Lipinski definition) is 1. The predicted octanol–water partition coefficient (Wildman–Crippen LogP) is 3.35. The van der Waals surface area contributed by atoms with Gasteiger partial charge in [0, 0.05) is 5.92 Å². The van der Waals surface area contributed by atoms with Crippen LogP contribution in [0.25, 0.3) is 0 Å². The van der Waals surface area contributed by atoms with Gasteiger partial charge in [-0.15, -0.1) is 0 Å². The minimum Gasteiger partial charge on any atom is -0.234 e. The van der Waals surface area contributed by atoms with Crippen molar-refractivity contribution in [1.29, 1.82) is 0 Å². The van der Waals surface area contributed by atoms with Crippen LogP contribution in [0, 0.1) is 5.92 Å². The summed E-state index contributed by atoms with van der Waals surface area (Å²) in [5, 5.41) is 0. The summed E-state index contributed by atoms with van der Waals surface area (Å²) in [6, 6.07) is 10.1. The molecule has 92 valence electrons. The predicted molar refractivity (Wildman–Crippen MR) is 73.6 cm³/mol. The Balaban J connectivity index is 2.31. The van der Waals surface area contributed by atoms with E-state index in [4.69, 9.17) is 0 Å². The molecule has 0 spiro atoms. The first kappa shape index (κ1) is 12.5. The van der Waals surface area contributed by atoms with E-state index >= 15 is 0 Å². The van der Waals surface area contributed by atoms with E-state index in [0.717, 1.165) is 11.3 Å². The van der Waals surface area contributed by atoms with Crippen molar-refractivity contribution in [1.82, 2.24) is 0 Å². The Morgan fingerprint density at radius 1 is 1.24 bits per heavy atom. The lowest BCUT2D eigenvalue weighted by atomic mass is 10.1. The minimum atomic E-state index is -1.16. The molecule has 2 nitrogen and oxygen atoms in total. The molecular formula is C14H19NOS. The fourth-order valence-electron chi connectivity index (χ4n) is 1.55. The van der Waals surface area contributed by atoms with Gasteiger partial charge in [-0.3, -0.25) is 0 Å². The third kappa shape index (κ3) is 3.25. The van der Waals surface area contributed by atoms with Crippen molar-refractivity contribution in [3.8, 4) is 0 Å². The highest BCUT2D eigenvalue weighted by Crippen LogP contribution is 2.34. The quantitative estimate of drug-likeness (QED) is 0.755. The van der Waals surface area contributed by atoms with Gasteiger partial charge in [0.05, 0.1) is 10.5 Å². The van der Waals surface area contributed by atoms with Crippen molar-refractivity contribution in [3.05, 3.63) is 35.9 Å². The normalized spacial score (nSPS) is 19.1. The van der Waals surface area contributed by atoms with Gasteiger partial charge in [0.25, 0.3) is 0 Å². The van der Waals surface area contributed by atoms with E-state index in [9.17, 15) is 4.21 Å². The fourth-order valence-corrected chi connectivity index (χ4v) is 2.26. The van der Waals surface area contributed by atoms with Crippen LogP contribution >= 0.6 is 0 Å². The lowest BCUT2D eigenvalue weighted by Gasteiger charge is -2.15. The molecule has 17 heavy (non-hydrogen) atoms. The Labute approximate surface area is 106 Å². The van der Waals surface area contributed by atoms with Crippen LogP contribution in [0.1, 0.15) is 39.2 Å². The maximum absolute atomic E-state index is 12.1. The van der Waals surface area contributed by atoms with Crippen LogP contribution in [0.5, 0.6) is 0 Å². The van der Waals surface area contributed by atoms with E-state index < -0.39 is 11.0 Å². The molecule has 1 aliphatic rings. The van der Waals surface area contributed by atoms with Crippen LogP contribution in [0.3, 0.4) is 0 Å². The van der Waals surface area contributed by atoms with Crippen LogP contribution in [0.2, 0.25) is 0 Å². The molecule has 0 radical (unpaired) electrons. The molecule has 1 saturated carbocycles. The summed E-state index contributed by atoms with van der Waals surface area (Å²) < 4.78 is 16.3. The van der Waals surface area contributed by atoms with E-state index in [1.807, 2.05) is 39.0 Å². The molecule has 0 aliphatic heterocycles. The standard InChI is InChI=1S/C14H19NOS/c1-14(2,3)17(16)15-13(12-9-10-12)11-7-5-4-6-8-11/h4-8,12H,9-10H2,1-3H3/b15-13-. The fraction of sp³-hybridized carbons (Fsp3) is 0.500. The van der Waals surface area contributed by atoms with E-state index in [2.05, 4.69) is 16.5 Å². The molecule has 1 aromatic carbocycles. The van der Waals surface area contributed by atoms with Gasteiger partial charge in [0.2, 0.25) is 0 Å². The maximum Gasteiger partial charge on any atom is 0.145 e. The van der Waals surface area contributed by atoms with Crippen molar-refractivity contribution < 1.29 is 4.21 Å². The van der Waals surface area contributed by atoms with Crippen LogP contribution in [0.15, 0.2) is 34.7 Å². The van der Waals surface area contributed by atoms with Gasteiger partial charge in [-0.05, 0) is 39.2 Å². The zero-order valence-electron chi connectivity index (χ0n) is 10.6. The second-order valence-corrected chi connectivity index (χ2v) is 7.38. The Kier molecular flexibility index (Phi) is 3.48. The first-order valence-corrected chi connectivity index (χ1v) is 7.15. The molecule has 0 bridgehead atoms. The topological polar surface area (TPSA) is 29.4 Å². The minimum absolute atomic E-state index is 0.283. The highest BCUT2D eigenvalue weighted by molar-refractivity contribution is 7.85. The van der Waals surface area contributed by atoms with Gasteiger partial charge in [-0.25, -0.2) is 4.21 Å². The molecule has 3 heteroatoms. The summed E-state index contributed by atoms with van der Waals surface area (Å²) in [4.78, 5) is 0. The summed E-state index contributed by atoms with van der Waals surface area (Å²) in [5.41, 5.74) is 2.14. The summed E-state index contributed by atoms with van der Waals surface area (Å²) in [6.07, 6.45) is 2.35. The highest BCUT2D eigenvalue weighted by Gasteiger charge is 2.30. The second-order valence-electron chi connectivity index (χ2n) is 5.48. The lowest BCUT2D eigenvalue weighted by Crippen LogP contribution is -2.21. The molecule has 1 fully saturated rings. The summed E-state index contributed by atoms with van der Waals surface area (Å²) >= 11 is 0. The molecule has 0 saturated heterocycles. The van der Waals surface area contributed by atoms with Gasteiger partial charge < -0.3 is 0 Å². The van der Waals surface area contributed by atoms with Crippen LogP contribution < -0.4 is 0 Å². The third-order valence-corrected chi connectivity index (χ3v) is 4.15. The van der Waals surface area contributed by atoms with E-state index in [1.54, 1.807) is 0 Å². The molecule has 1 unspecified atom stereocenters. The average molecular weight is 249 g/mol. The first-order chi connectivity index (χ1) is 7.98. The van der Waals surface area contributed by atoms with Gasteiger partial charge in [0.1, 0.15) is 11.0 Å². The molecule has 0 N–H and O–H groups in total. The van der Waals surface area contributed by atoms with Gasteiger partial charge in [-0.2, -0.15) is 4.40 Å². The number of rotatable bonds is 3. The van der Waals surface area contributed by atoms with Crippen LogP contribution in [-0.4, -0.2) is 14.7 Å². The zero-order chi connectivity index (χ0) is 12.5. The summed E-state index contributed by atoms with van der Waals surface area (Å²) in [6.45, 7) is 5.88. The maximum atomic E-state index is 12.1. The molecule has 0 aromatic heterocycles. The molecule has 0 amide bonds. The lowest BCUT2D eigenvalue weighted by molar-refractivity contribution is 0.650. The number of hydrogen-bond donors (Lipinski definition) is 0. The van der Waals surface area contributed by atoms with Gasteiger partial charge >= 0.3 is 0 Å². The largest absolute Gasteiger partial charge is 0.234 e. The molecule has 2 rings (SSSR count). The van der Waals surface area contributed by atoms with Crippen LogP contribution in [-0.2, 0) is 11.0 Å². The Bertz CT molecular complexity index is 441. The second kappa shape index (κ2) is 4.73. The van der Waals surface area contributed by atoms with Crippen LogP contribution in [0.4, 0.5) is 0 Å². The van der Waals surface area contributed by atoms with Crippen molar-refractivity contribution in [2.45, 2.75) is 38.4 Å².